The Kier molecular flexibility index (Phi) is 9.88. The summed E-state index contributed by atoms with van der Waals surface area (Å²) in [6.07, 6.45) is -1.33. The van der Waals surface area contributed by atoms with Gasteiger partial charge < -0.3 is 21.3 Å². The van der Waals surface area contributed by atoms with E-state index in [1.54, 1.807) is 0 Å². The quantitative estimate of drug-likeness (QED) is 0.212. The maximum absolute atomic E-state index is 11.3. The number of esters is 2. The zero-order valence-corrected chi connectivity index (χ0v) is 13.9. The van der Waals surface area contributed by atoms with Crippen molar-refractivity contribution in [2.24, 2.45) is 11.5 Å². The summed E-state index contributed by atoms with van der Waals surface area (Å²) in [6, 6.07) is -0.923. The van der Waals surface area contributed by atoms with Crippen molar-refractivity contribution in [2.75, 3.05) is 13.1 Å². The van der Waals surface area contributed by atoms with E-state index in [2.05, 4.69) is 4.74 Å². The number of ether oxygens (including phenoxy) is 1. The monoisotopic (exact) mass is 397 g/mol. The first kappa shape index (κ1) is 24.2. The van der Waals surface area contributed by atoms with Gasteiger partial charge in [-0.3, -0.25) is 19.3 Å². The normalized spacial score (nSPS) is 14.5. The molecule has 5 N–H and O–H groups in total. The zero-order chi connectivity index (χ0) is 21.2. The standard InChI is InChI=1S/C12H17N3O5.C2HF3O2/c13-7-11(18)20-12(19)8(14)3-1-2-6-15-9(16)4-5-10(15)17;3-2(4,5)1(6)7/h4-5,8H,1-3,6-7,13-14H2;(H,6,7)/t8-;/m1./s1. The van der Waals surface area contributed by atoms with Gasteiger partial charge in [0.25, 0.3) is 11.8 Å². The maximum Gasteiger partial charge on any atom is 0.490 e. The molecular weight excluding hydrogens is 379 g/mol. The molecule has 0 saturated carbocycles. The summed E-state index contributed by atoms with van der Waals surface area (Å²) in [5, 5.41) is 7.12. The SMILES string of the molecule is NCC(=O)OC(=O)[C@H](N)CCCCN1C(=O)C=CC1=O.O=C(O)C(F)(F)F. The lowest BCUT2D eigenvalue weighted by Gasteiger charge is -2.14. The number of rotatable bonds is 7. The molecule has 0 spiro atoms. The Balaban J connectivity index is 0.000000821. The molecule has 0 fully saturated rings. The van der Waals surface area contributed by atoms with Crippen molar-refractivity contribution in [3.63, 3.8) is 0 Å². The number of amides is 2. The topological polar surface area (TPSA) is 170 Å². The number of unbranched alkanes of at least 4 members (excludes halogenated alkanes) is 1. The number of carboxylic acid groups (broad SMARTS) is 1. The van der Waals surface area contributed by atoms with Crippen LogP contribution in [0.15, 0.2) is 12.2 Å². The Labute approximate surface area is 150 Å². The van der Waals surface area contributed by atoms with Gasteiger partial charge in [0.1, 0.15) is 6.04 Å². The number of carbonyl (C=O) groups excluding carboxylic acids is 4. The number of nitrogens with zero attached hydrogens (tertiary/aromatic N) is 1. The summed E-state index contributed by atoms with van der Waals surface area (Å²) in [5.74, 6) is -5.09. The first-order chi connectivity index (χ1) is 12.4. The molecule has 0 saturated heterocycles. The smallest absolute Gasteiger partial charge is 0.475 e. The first-order valence-corrected chi connectivity index (χ1v) is 7.44. The molecule has 0 unspecified atom stereocenters. The van der Waals surface area contributed by atoms with E-state index in [1.807, 2.05) is 0 Å². The van der Waals surface area contributed by atoms with E-state index in [-0.39, 0.29) is 24.9 Å². The van der Waals surface area contributed by atoms with E-state index in [4.69, 9.17) is 21.4 Å². The van der Waals surface area contributed by atoms with Crippen molar-refractivity contribution in [1.82, 2.24) is 4.90 Å². The maximum atomic E-state index is 11.3. The highest BCUT2D eigenvalue weighted by Crippen LogP contribution is 2.13. The Morgan fingerprint density at radius 3 is 2.04 bits per heavy atom. The van der Waals surface area contributed by atoms with Gasteiger partial charge >= 0.3 is 24.1 Å². The summed E-state index contributed by atoms with van der Waals surface area (Å²) in [4.78, 5) is 54.6. The Bertz CT molecular complexity index is 602. The van der Waals surface area contributed by atoms with Gasteiger partial charge in [-0.1, -0.05) is 0 Å². The van der Waals surface area contributed by atoms with Crippen LogP contribution in [0.3, 0.4) is 0 Å². The highest BCUT2D eigenvalue weighted by atomic mass is 19.4. The number of aliphatic carboxylic acids is 1. The lowest BCUT2D eigenvalue weighted by molar-refractivity contribution is -0.192. The van der Waals surface area contributed by atoms with E-state index in [0.29, 0.717) is 19.3 Å². The molecule has 1 aliphatic rings. The fraction of sp³-hybridized carbons (Fsp3) is 0.500. The van der Waals surface area contributed by atoms with Crippen molar-refractivity contribution in [3.8, 4) is 0 Å². The first-order valence-electron chi connectivity index (χ1n) is 7.44. The van der Waals surface area contributed by atoms with E-state index >= 15 is 0 Å². The molecule has 1 aliphatic heterocycles. The lowest BCUT2D eigenvalue weighted by atomic mass is 10.1. The van der Waals surface area contributed by atoms with Crippen LogP contribution < -0.4 is 11.5 Å². The summed E-state index contributed by atoms with van der Waals surface area (Å²) in [7, 11) is 0. The van der Waals surface area contributed by atoms with Crippen LogP contribution in [0.4, 0.5) is 13.2 Å². The molecule has 10 nitrogen and oxygen atoms in total. The van der Waals surface area contributed by atoms with Gasteiger partial charge in [0.05, 0.1) is 6.54 Å². The predicted octanol–water partition coefficient (Wildman–Crippen LogP) is -0.929. The number of carbonyl (C=O) groups is 5. The highest BCUT2D eigenvalue weighted by Gasteiger charge is 2.38. The van der Waals surface area contributed by atoms with Crippen molar-refractivity contribution in [2.45, 2.75) is 31.5 Å². The third kappa shape index (κ3) is 9.46. The second kappa shape index (κ2) is 11.0. The minimum atomic E-state index is -5.08. The van der Waals surface area contributed by atoms with Gasteiger partial charge in [-0.15, -0.1) is 0 Å². The van der Waals surface area contributed by atoms with Gasteiger partial charge in [0.2, 0.25) is 0 Å². The number of hydrogen-bond acceptors (Lipinski definition) is 8. The van der Waals surface area contributed by atoms with Crippen molar-refractivity contribution >= 4 is 29.7 Å². The molecule has 0 aliphatic carbocycles. The van der Waals surface area contributed by atoms with E-state index in [1.165, 1.54) is 12.2 Å². The Hall–Kier alpha value is -2.80. The van der Waals surface area contributed by atoms with E-state index in [0.717, 1.165) is 4.90 Å². The number of alkyl halides is 3. The fourth-order valence-corrected chi connectivity index (χ4v) is 1.63. The van der Waals surface area contributed by atoms with Crippen LogP contribution in [-0.4, -0.2) is 65.0 Å². The van der Waals surface area contributed by atoms with Crippen molar-refractivity contribution in [1.29, 1.82) is 0 Å². The van der Waals surface area contributed by atoms with Crippen LogP contribution in [0.1, 0.15) is 19.3 Å². The highest BCUT2D eigenvalue weighted by molar-refractivity contribution is 6.12. The van der Waals surface area contributed by atoms with Gasteiger partial charge in [-0.05, 0) is 19.3 Å². The molecule has 1 rings (SSSR count). The second-order valence-corrected chi connectivity index (χ2v) is 5.06. The van der Waals surface area contributed by atoms with Gasteiger partial charge in [0, 0.05) is 18.7 Å². The summed E-state index contributed by atoms with van der Waals surface area (Å²) >= 11 is 0. The molecular formula is C14H18F3N3O7. The number of nitrogens with two attached hydrogens (primary N) is 2. The third-order valence-corrected chi connectivity index (χ3v) is 2.97. The average Bonchev–Trinajstić information content (AvgIpc) is 2.89. The summed E-state index contributed by atoms with van der Waals surface area (Å²) < 4.78 is 36.1. The third-order valence-electron chi connectivity index (χ3n) is 2.97. The lowest BCUT2D eigenvalue weighted by Crippen LogP contribution is -2.35. The largest absolute Gasteiger partial charge is 0.490 e. The molecule has 0 bridgehead atoms. The summed E-state index contributed by atoms with van der Waals surface area (Å²) in [6.45, 7) is -0.112. The predicted molar refractivity (Wildman–Crippen MR) is 81.5 cm³/mol. The Morgan fingerprint density at radius 1 is 1.15 bits per heavy atom. The zero-order valence-electron chi connectivity index (χ0n) is 13.9. The van der Waals surface area contributed by atoms with Gasteiger partial charge in [-0.2, -0.15) is 13.2 Å². The number of halogens is 3. The molecule has 2 amide bonds. The van der Waals surface area contributed by atoms with Crippen LogP contribution >= 0.6 is 0 Å². The number of imide groups is 1. The van der Waals surface area contributed by atoms with Gasteiger partial charge in [0.15, 0.2) is 0 Å². The van der Waals surface area contributed by atoms with Crippen molar-refractivity contribution in [3.05, 3.63) is 12.2 Å². The molecule has 0 aromatic rings. The molecule has 0 aromatic carbocycles. The molecule has 1 heterocycles. The molecule has 0 aromatic heterocycles. The second-order valence-electron chi connectivity index (χ2n) is 5.06. The van der Waals surface area contributed by atoms with E-state index < -0.39 is 30.1 Å². The molecule has 0 radical (unpaired) electrons. The average molecular weight is 397 g/mol. The van der Waals surface area contributed by atoms with Crippen LogP contribution in [-0.2, 0) is 28.7 Å². The van der Waals surface area contributed by atoms with E-state index in [9.17, 15) is 32.3 Å². The van der Waals surface area contributed by atoms with Crippen molar-refractivity contribution < 1.29 is 47.0 Å². The van der Waals surface area contributed by atoms with Crippen LogP contribution in [0.25, 0.3) is 0 Å². The molecule has 13 heteroatoms. The van der Waals surface area contributed by atoms with Gasteiger partial charge in [-0.25, -0.2) is 9.59 Å². The molecule has 1 atom stereocenters. The number of carboxylic acids is 1. The van der Waals surface area contributed by atoms with Crippen LogP contribution in [0.5, 0.6) is 0 Å². The summed E-state index contributed by atoms with van der Waals surface area (Å²) in [5.41, 5.74) is 10.5. The number of hydrogen-bond donors (Lipinski definition) is 3. The van der Waals surface area contributed by atoms with Crippen LogP contribution in [0.2, 0.25) is 0 Å². The van der Waals surface area contributed by atoms with Crippen LogP contribution in [0, 0.1) is 0 Å². The Morgan fingerprint density at radius 2 is 1.63 bits per heavy atom. The molecule has 152 valence electrons. The minimum Gasteiger partial charge on any atom is -0.475 e. The fourth-order valence-electron chi connectivity index (χ4n) is 1.63. The minimum absolute atomic E-state index is 0.272. The molecule has 27 heavy (non-hydrogen) atoms.